The number of rotatable bonds is 3. The predicted molar refractivity (Wildman–Crippen MR) is 115 cm³/mol. The van der Waals surface area contributed by atoms with Crippen LogP contribution in [-0.4, -0.2) is 60.5 Å². The lowest BCUT2D eigenvalue weighted by Crippen LogP contribution is -2.63. The summed E-state index contributed by atoms with van der Waals surface area (Å²) in [5, 5.41) is 14.7. The molecule has 2 atom stereocenters. The summed E-state index contributed by atoms with van der Waals surface area (Å²) in [6.45, 7) is 3.11. The third kappa shape index (κ3) is 3.11. The molecule has 0 radical (unpaired) electrons. The second kappa shape index (κ2) is 7.69. The van der Waals surface area contributed by atoms with Gasteiger partial charge in [0.2, 0.25) is 5.91 Å². The Labute approximate surface area is 177 Å². The summed E-state index contributed by atoms with van der Waals surface area (Å²) in [6.07, 6.45) is 2.05. The molecule has 5 rings (SSSR count). The summed E-state index contributed by atoms with van der Waals surface area (Å²) in [6, 6.07) is 20.0. The number of anilines is 1. The maximum absolute atomic E-state index is 12.9. The third-order valence-electron chi connectivity index (χ3n) is 7.20. The van der Waals surface area contributed by atoms with Crippen molar-refractivity contribution in [2.75, 3.05) is 37.9 Å². The van der Waals surface area contributed by atoms with Gasteiger partial charge < -0.3 is 20.1 Å². The molecule has 6 heteroatoms. The van der Waals surface area contributed by atoms with Gasteiger partial charge in [0.15, 0.2) is 0 Å². The van der Waals surface area contributed by atoms with Gasteiger partial charge in [0, 0.05) is 31.8 Å². The Morgan fingerprint density at radius 2 is 1.63 bits per heavy atom. The van der Waals surface area contributed by atoms with Crippen LogP contribution in [0.1, 0.15) is 24.8 Å². The van der Waals surface area contributed by atoms with Crippen LogP contribution in [-0.2, 0) is 15.1 Å². The number of likely N-dealkylation sites (tertiary alicyclic amines) is 1. The van der Waals surface area contributed by atoms with Gasteiger partial charge in [-0.2, -0.15) is 0 Å². The van der Waals surface area contributed by atoms with E-state index >= 15 is 0 Å². The van der Waals surface area contributed by atoms with E-state index < -0.39 is 11.1 Å². The Morgan fingerprint density at radius 3 is 2.33 bits per heavy atom. The molecule has 2 N–H and O–H groups in total. The lowest BCUT2D eigenvalue weighted by atomic mass is 9.79. The minimum Gasteiger partial charge on any atom is -0.383 e. The van der Waals surface area contributed by atoms with Crippen LogP contribution in [0, 0.1) is 0 Å². The Hall–Kier alpha value is -2.41. The summed E-state index contributed by atoms with van der Waals surface area (Å²) < 4.78 is 5.79. The lowest BCUT2D eigenvalue weighted by molar-refractivity contribution is -0.143. The average molecular weight is 408 g/mol. The molecule has 0 aromatic heterocycles. The maximum Gasteiger partial charge on any atom is 0.247 e. The first-order valence-electron chi connectivity index (χ1n) is 10.8. The van der Waals surface area contributed by atoms with Crippen molar-refractivity contribution in [2.24, 2.45) is 0 Å². The number of benzene rings is 2. The van der Waals surface area contributed by atoms with E-state index in [1.165, 1.54) is 0 Å². The van der Waals surface area contributed by atoms with Crippen LogP contribution >= 0.6 is 0 Å². The van der Waals surface area contributed by atoms with Crippen molar-refractivity contribution < 1.29 is 14.6 Å². The second-order valence-corrected chi connectivity index (χ2v) is 8.63. The first kappa shape index (κ1) is 19.5. The van der Waals surface area contributed by atoms with Gasteiger partial charge in [0.05, 0.1) is 19.3 Å². The van der Waals surface area contributed by atoms with Crippen molar-refractivity contribution >= 4 is 11.6 Å². The summed E-state index contributed by atoms with van der Waals surface area (Å²) in [4.78, 5) is 17.5. The standard InChI is InChI=1S/C24H29N3O3/c28-22-23(27(18-25-22)20-9-5-2-6-10-20)11-14-26(15-12-23)21-17-30-16-13-24(21,29)19-7-3-1-4-8-19/h1-10,21,29H,11-18H2,(H,25,28). The van der Waals surface area contributed by atoms with Crippen molar-refractivity contribution in [1.82, 2.24) is 10.2 Å². The van der Waals surface area contributed by atoms with Crippen molar-refractivity contribution in [3.63, 3.8) is 0 Å². The summed E-state index contributed by atoms with van der Waals surface area (Å²) in [5.74, 6) is 0.115. The average Bonchev–Trinajstić information content (AvgIpc) is 3.11. The number of hydrogen-bond donors (Lipinski definition) is 2. The molecule has 3 heterocycles. The van der Waals surface area contributed by atoms with E-state index in [2.05, 4.69) is 27.2 Å². The molecule has 2 aromatic carbocycles. The van der Waals surface area contributed by atoms with Crippen LogP contribution in [0.3, 0.4) is 0 Å². The number of para-hydroxylation sites is 1. The van der Waals surface area contributed by atoms with E-state index in [1.54, 1.807) is 0 Å². The number of carbonyl (C=O) groups excluding carboxylic acids is 1. The van der Waals surface area contributed by atoms with Crippen LogP contribution in [0.2, 0.25) is 0 Å². The Morgan fingerprint density at radius 1 is 0.967 bits per heavy atom. The van der Waals surface area contributed by atoms with Gasteiger partial charge in [0.1, 0.15) is 11.1 Å². The number of aliphatic hydroxyl groups is 1. The van der Waals surface area contributed by atoms with E-state index in [0.717, 1.165) is 37.2 Å². The number of nitrogens with one attached hydrogen (secondary N) is 1. The molecule has 3 fully saturated rings. The number of carbonyl (C=O) groups is 1. The highest BCUT2D eigenvalue weighted by Gasteiger charge is 2.53. The SMILES string of the molecule is O=C1NCN(c2ccccc2)C12CCN(C1COCCC1(O)c1ccccc1)CC2. The Kier molecular flexibility index (Phi) is 5.01. The summed E-state index contributed by atoms with van der Waals surface area (Å²) in [7, 11) is 0. The fourth-order valence-corrected chi connectivity index (χ4v) is 5.44. The fourth-order valence-electron chi connectivity index (χ4n) is 5.44. The van der Waals surface area contributed by atoms with Crippen LogP contribution < -0.4 is 10.2 Å². The second-order valence-electron chi connectivity index (χ2n) is 8.63. The van der Waals surface area contributed by atoms with Crippen LogP contribution in [0.5, 0.6) is 0 Å². The first-order valence-corrected chi connectivity index (χ1v) is 10.8. The van der Waals surface area contributed by atoms with Crippen LogP contribution in [0.15, 0.2) is 60.7 Å². The molecule has 0 saturated carbocycles. The Balaban J connectivity index is 1.38. The number of nitrogens with zero attached hydrogens (tertiary/aromatic N) is 2. The molecule has 1 spiro atoms. The zero-order valence-electron chi connectivity index (χ0n) is 17.2. The van der Waals surface area contributed by atoms with Gasteiger partial charge in [-0.3, -0.25) is 9.69 Å². The van der Waals surface area contributed by atoms with Crippen LogP contribution in [0.25, 0.3) is 0 Å². The monoisotopic (exact) mass is 407 g/mol. The molecular weight excluding hydrogens is 378 g/mol. The third-order valence-corrected chi connectivity index (χ3v) is 7.20. The fraction of sp³-hybridized carbons (Fsp3) is 0.458. The van der Waals surface area contributed by atoms with E-state index in [0.29, 0.717) is 26.3 Å². The van der Waals surface area contributed by atoms with Gasteiger partial charge in [-0.25, -0.2) is 0 Å². The smallest absolute Gasteiger partial charge is 0.247 e. The molecule has 0 aliphatic carbocycles. The Bertz CT molecular complexity index is 883. The van der Waals surface area contributed by atoms with Gasteiger partial charge in [-0.1, -0.05) is 48.5 Å². The van der Waals surface area contributed by atoms with Gasteiger partial charge >= 0.3 is 0 Å². The molecule has 3 aliphatic rings. The van der Waals surface area contributed by atoms with Crippen molar-refractivity contribution in [3.05, 3.63) is 66.2 Å². The molecule has 158 valence electrons. The minimum absolute atomic E-state index is 0.111. The van der Waals surface area contributed by atoms with E-state index in [1.807, 2.05) is 48.5 Å². The molecule has 3 saturated heterocycles. The highest BCUT2D eigenvalue weighted by atomic mass is 16.5. The largest absolute Gasteiger partial charge is 0.383 e. The molecule has 2 unspecified atom stereocenters. The first-order chi connectivity index (χ1) is 14.6. The molecule has 30 heavy (non-hydrogen) atoms. The van der Waals surface area contributed by atoms with Gasteiger partial charge in [0.25, 0.3) is 0 Å². The lowest BCUT2D eigenvalue weighted by Gasteiger charge is -2.50. The highest BCUT2D eigenvalue weighted by Crippen LogP contribution is 2.40. The molecule has 1 amide bonds. The quantitative estimate of drug-likeness (QED) is 0.816. The zero-order valence-corrected chi connectivity index (χ0v) is 17.2. The highest BCUT2D eigenvalue weighted by molar-refractivity contribution is 5.93. The molecule has 6 nitrogen and oxygen atoms in total. The normalized spacial score (nSPS) is 29.2. The van der Waals surface area contributed by atoms with Crippen molar-refractivity contribution in [3.8, 4) is 0 Å². The maximum atomic E-state index is 12.9. The molecule has 3 aliphatic heterocycles. The number of ether oxygens (including phenoxy) is 1. The topological polar surface area (TPSA) is 65.0 Å². The van der Waals surface area contributed by atoms with Gasteiger partial charge in [-0.15, -0.1) is 0 Å². The number of piperidine rings is 1. The summed E-state index contributed by atoms with van der Waals surface area (Å²) >= 11 is 0. The molecule has 0 bridgehead atoms. The van der Waals surface area contributed by atoms with Gasteiger partial charge in [-0.05, 0) is 30.5 Å². The zero-order chi connectivity index (χ0) is 20.6. The predicted octanol–water partition coefficient (Wildman–Crippen LogP) is 2.09. The van der Waals surface area contributed by atoms with E-state index in [4.69, 9.17) is 4.74 Å². The van der Waals surface area contributed by atoms with Crippen LogP contribution in [0.4, 0.5) is 5.69 Å². The number of hydrogen-bond acceptors (Lipinski definition) is 5. The summed E-state index contributed by atoms with van der Waals surface area (Å²) in [5.41, 5.74) is 0.577. The van der Waals surface area contributed by atoms with Crippen molar-refractivity contribution in [1.29, 1.82) is 0 Å². The number of amides is 1. The molecule has 2 aromatic rings. The van der Waals surface area contributed by atoms with E-state index in [-0.39, 0.29) is 11.9 Å². The molecular formula is C24H29N3O3. The minimum atomic E-state index is -0.929. The van der Waals surface area contributed by atoms with E-state index in [9.17, 15) is 9.90 Å². The van der Waals surface area contributed by atoms with Crippen molar-refractivity contribution in [2.45, 2.75) is 36.4 Å².